The molecule has 0 aliphatic heterocycles. The molecule has 0 atom stereocenters. The minimum Gasteiger partial charge on any atom is -0.349 e. The van der Waals surface area contributed by atoms with Gasteiger partial charge >= 0.3 is 6.18 Å². The molecule has 0 unspecified atom stereocenters. The standard InChI is InChI=1S/C10H15ClF3NO/c11-7-9(4-2-1-3-5-9)15-8(16)6-10(12,13)14/h1-7H2,(H,15,16). The fraction of sp³-hybridized carbons (Fsp3) is 0.900. The van der Waals surface area contributed by atoms with E-state index in [1.807, 2.05) is 0 Å². The summed E-state index contributed by atoms with van der Waals surface area (Å²) in [5.74, 6) is -0.800. The van der Waals surface area contributed by atoms with Gasteiger partial charge in [0.1, 0.15) is 6.42 Å². The fourth-order valence-corrected chi connectivity index (χ4v) is 2.38. The van der Waals surface area contributed by atoms with Crippen LogP contribution in [0.1, 0.15) is 38.5 Å². The highest BCUT2D eigenvalue weighted by molar-refractivity contribution is 6.18. The summed E-state index contributed by atoms with van der Waals surface area (Å²) in [7, 11) is 0. The molecule has 1 N–H and O–H groups in total. The third-order valence-corrected chi connectivity index (χ3v) is 3.34. The Bertz CT molecular complexity index is 249. The van der Waals surface area contributed by atoms with E-state index in [1.54, 1.807) is 0 Å². The molecular weight excluding hydrogens is 243 g/mol. The Kier molecular flexibility index (Phi) is 4.47. The third kappa shape index (κ3) is 4.20. The van der Waals surface area contributed by atoms with Gasteiger partial charge in [-0.3, -0.25) is 4.79 Å². The van der Waals surface area contributed by atoms with E-state index in [0.717, 1.165) is 19.3 Å². The minimum atomic E-state index is -4.45. The summed E-state index contributed by atoms with van der Waals surface area (Å²) >= 11 is 5.76. The lowest BCUT2D eigenvalue weighted by Crippen LogP contribution is -2.52. The van der Waals surface area contributed by atoms with Gasteiger partial charge in [0, 0.05) is 5.88 Å². The van der Waals surface area contributed by atoms with Crippen LogP contribution in [0.5, 0.6) is 0 Å². The quantitative estimate of drug-likeness (QED) is 0.774. The Hall–Kier alpha value is -0.450. The lowest BCUT2D eigenvalue weighted by atomic mass is 9.83. The number of hydrogen-bond donors (Lipinski definition) is 1. The first-order chi connectivity index (χ1) is 7.37. The summed E-state index contributed by atoms with van der Waals surface area (Å²) in [6.45, 7) is 0. The molecule has 0 heterocycles. The monoisotopic (exact) mass is 257 g/mol. The second kappa shape index (κ2) is 5.25. The molecule has 0 aromatic carbocycles. The molecule has 0 aromatic heterocycles. The highest BCUT2D eigenvalue weighted by atomic mass is 35.5. The summed E-state index contributed by atoms with van der Waals surface area (Å²) in [6, 6.07) is 0. The molecule has 6 heteroatoms. The van der Waals surface area contributed by atoms with Gasteiger partial charge in [-0.05, 0) is 12.8 Å². The maximum atomic E-state index is 12.0. The zero-order valence-electron chi connectivity index (χ0n) is 8.87. The molecule has 0 saturated heterocycles. The van der Waals surface area contributed by atoms with Crippen LogP contribution >= 0.6 is 11.6 Å². The molecule has 1 aliphatic carbocycles. The maximum Gasteiger partial charge on any atom is 0.397 e. The summed E-state index contributed by atoms with van der Waals surface area (Å²) in [4.78, 5) is 11.2. The molecule has 94 valence electrons. The normalized spacial score (nSPS) is 20.5. The van der Waals surface area contributed by atoms with Gasteiger partial charge in [-0.2, -0.15) is 13.2 Å². The minimum absolute atomic E-state index is 0.177. The lowest BCUT2D eigenvalue weighted by molar-refractivity contribution is -0.155. The van der Waals surface area contributed by atoms with Crippen LogP contribution in [0.15, 0.2) is 0 Å². The molecule has 2 nitrogen and oxygen atoms in total. The zero-order chi connectivity index (χ0) is 12.2. The largest absolute Gasteiger partial charge is 0.397 e. The van der Waals surface area contributed by atoms with Crippen LogP contribution in [0.2, 0.25) is 0 Å². The van der Waals surface area contributed by atoms with Crippen molar-refractivity contribution < 1.29 is 18.0 Å². The Morgan fingerprint density at radius 1 is 1.25 bits per heavy atom. The smallest absolute Gasteiger partial charge is 0.349 e. The Morgan fingerprint density at radius 3 is 2.25 bits per heavy atom. The molecule has 0 radical (unpaired) electrons. The van der Waals surface area contributed by atoms with Crippen molar-refractivity contribution in [2.45, 2.75) is 50.2 Å². The first-order valence-corrected chi connectivity index (χ1v) is 5.84. The van der Waals surface area contributed by atoms with E-state index >= 15 is 0 Å². The van der Waals surface area contributed by atoms with Crippen molar-refractivity contribution >= 4 is 17.5 Å². The molecule has 1 fully saturated rings. The second-order valence-electron chi connectivity index (χ2n) is 4.31. The van der Waals surface area contributed by atoms with Crippen molar-refractivity contribution in [2.24, 2.45) is 0 Å². The molecule has 0 bridgehead atoms. The number of rotatable bonds is 3. The van der Waals surface area contributed by atoms with Gasteiger partial charge in [0.05, 0.1) is 5.54 Å². The number of amides is 1. The van der Waals surface area contributed by atoms with Crippen molar-refractivity contribution in [2.75, 3.05) is 5.88 Å². The molecular formula is C10H15ClF3NO. The highest BCUT2D eigenvalue weighted by Crippen LogP contribution is 2.30. The topological polar surface area (TPSA) is 29.1 Å². The number of alkyl halides is 4. The van der Waals surface area contributed by atoms with Gasteiger partial charge in [0.2, 0.25) is 5.91 Å². The van der Waals surface area contributed by atoms with Gasteiger partial charge in [-0.25, -0.2) is 0 Å². The second-order valence-corrected chi connectivity index (χ2v) is 4.58. The SMILES string of the molecule is O=C(CC(F)(F)F)NC1(CCl)CCCCC1. The average Bonchev–Trinajstić information content (AvgIpc) is 2.16. The molecule has 16 heavy (non-hydrogen) atoms. The van der Waals surface area contributed by atoms with Crippen molar-refractivity contribution in [1.29, 1.82) is 0 Å². The number of nitrogens with one attached hydrogen (secondary N) is 1. The summed E-state index contributed by atoms with van der Waals surface area (Å²) in [6.07, 6.45) is -1.69. The van der Waals surface area contributed by atoms with Crippen molar-refractivity contribution in [3.05, 3.63) is 0 Å². The summed E-state index contributed by atoms with van der Waals surface area (Å²) in [5, 5.41) is 2.45. The molecule has 1 aliphatic rings. The lowest BCUT2D eigenvalue weighted by Gasteiger charge is -2.36. The van der Waals surface area contributed by atoms with Crippen LogP contribution in [0, 0.1) is 0 Å². The van der Waals surface area contributed by atoms with E-state index in [9.17, 15) is 18.0 Å². The van der Waals surface area contributed by atoms with Crippen LogP contribution in [0.3, 0.4) is 0 Å². The van der Waals surface area contributed by atoms with Crippen LogP contribution in [0.4, 0.5) is 13.2 Å². The predicted molar refractivity (Wildman–Crippen MR) is 55.4 cm³/mol. The van der Waals surface area contributed by atoms with Gasteiger partial charge in [-0.1, -0.05) is 19.3 Å². The van der Waals surface area contributed by atoms with Gasteiger partial charge in [0.15, 0.2) is 0 Å². The summed E-state index contributed by atoms with van der Waals surface area (Å²) < 4.78 is 36.0. The summed E-state index contributed by atoms with van der Waals surface area (Å²) in [5.41, 5.74) is -0.623. The number of carbonyl (C=O) groups excluding carboxylic acids is 1. The fourth-order valence-electron chi connectivity index (χ4n) is 2.04. The Labute approximate surface area is 97.5 Å². The van der Waals surface area contributed by atoms with Crippen LogP contribution in [-0.2, 0) is 4.79 Å². The van der Waals surface area contributed by atoms with Gasteiger partial charge in [-0.15, -0.1) is 11.6 Å². The van der Waals surface area contributed by atoms with Crippen LogP contribution in [-0.4, -0.2) is 23.5 Å². The van der Waals surface area contributed by atoms with E-state index in [4.69, 9.17) is 11.6 Å². The van der Waals surface area contributed by atoms with E-state index in [2.05, 4.69) is 5.32 Å². The van der Waals surface area contributed by atoms with Crippen molar-refractivity contribution in [3.8, 4) is 0 Å². The van der Waals surface area contributed by atoms with E-state index < -0.39 is 24.0 Å². The van der Waals surface area contributed by atoms with Gasteiger partial charge < -0.3 is 5.32 Å². The first-order valence-electron chi connectivity index (χ1n) is 5.31. The predicted octanol–water partition coefficient (Wildman–Crippen LogP) is 3.00. The third-order valence-electron chi connectivity index (χ3n) is 2.83. The molecule has 0 spiro atoms. The molecule has 1 amide bonds. The first kappa shape index (κ1) is 13.6. The number of hydrogen-bond acceptors (Lipinski definition) is 1. The Morgan fingerprint density at radius 2 is 1.81 bits per heavy atom. The van der Waals surface area contributed by atoms with Crippen LogP contribution < -0.4 is 5.32 Å². The highest BCUT2D eigenvalue weighted by Gasteiger charge is 2.37. The zero-order valence-corrected chi connectivity index (χ0v) is 9.63. The number of carbonyl (C=O) groups is 1. The van der Waals surface area contributed by atoms with Crippen molar-refractivity contribution in [1.82, 2.24) is 5.32 Å². The van der Waals surface area contributed by atoms with Crippen molar-refractivity contribution in [3.63, 3.8) is 0 Å². The van der Waals surface area contributed by atoms with E-state index in [1.165, 1.54) is 0 Å². The molecule has 0 aromatic rings. The average molecular weight is 258 g/mol. The number of halogens is 4. The molecule has 1 saturated carbocycles. The van der Waals surface area contributed by atoms with Crippen LogP contribution in [0.25, 0.3) is 0 Å². The van der Waals surface area contributed by atoms with Gasteiger partial charge in [0.25, 0.3) is 0 Å². The van der Waals surface area contributed by atoms with E-state index in [-0.39, 0.29) is 5.88 Å². The maximum absolute atomic E-state index is 12.0. The van der Waals surface area contributed by atoms with E-state index in [0.29, 0.717) is 12.8 Å². The Balaban J connectivity index is 2.52. The molecule has 1 rings (SSSR count).